The highest BCUT2D eigenvalue weighted by atomic mass is 35.5. The summed E-state index contributed by atoms with van der Waals surface area (Å²) in [6.45, 7) is 3.51. The van der Waals surface area contributed by atoms with Crippen molar-refractivity contribution in [3.8, 4) is 5.75 Å². The zero-order valence-corrected chi connectivity index (χ0v) is 16.9. The van der Waals surface area contributed by atoms with Crippen molar-refractivity contribution in [1.29, 1.82) is 0 Å². The number of nitrogens with one attached hydrogen (secondary N) is 2. The van der Waals surface area contributed by atoms with E-state index in [4.69, 9.17) is 16.3 Å². The molecule has 0 bridgehead atoms. The lowest BCUT2D eigenvalue weighted by atomic mass is 10.1. The monoisotopic (exact) mass is 408 g/mol. The number of aryl methyl sites for hydroxylation is 1. The van der Waals surface area contributed by atoms with Crippen LogP contribution in [-0.2, 0) is 4.79 Å². The van der Waals surface area contributed by atoms with E-state index in [0.717, 1.165) is 5.56 Å². The SMILES string of the molecule is Cc1cc(NC(=O)C(C)Oc2ccccc2Cl)ccc1NC(=O)c1ccccc1. The molecule has 5 nitrogen and oxygen atoms in total. The van der Waals surface area contributed by atoms with Crippen molar-refractivity contribution in [2.75, 3.05) is 10.6 Å². The lowest BCUT2D eigenvalue weighted by Gasteiger charge is -2.16. The molecule has 2 N–H and O–H groups in total. The molecule has 1 atom stereocenters. The Morgan fingerprint density at radius 2 is 1.62 bits per heavy atom. The van der Waals surface area contributed by atoms with Gasteiger partial charge in [-0.1, -0.05) is 41.9 Å². The first-order valence-corrected chi connectivity index (χ1v) is 9.51. The Labute approximate surface area is 174 Å². The fraction of sp³-hybridized carbons (Fsp3) is 0.130. The molecule has 0 aliphatic rings. The number of anilines is 2. The zero-order valence-electron chi connectivity index (χ0n) is 16.1. The molecule has 3 aromatic rings. The summed E-state index contributed by atoms with van der Waals surface area (Å²) < 4.78 is 5.63. The molecule has 3 rings (SSSR count). The van der Waals surface area contributed by atoms with E-state index in [9.17, 15) is 9.59 Å². The van der Waals surface area contributed by atoms with Gasteiger partial charge in [0, 0.05) is 16.9 Å². The third-order valence-corrected chi connectivity index (χ3v) is 4.60. The average Bonchev–Trinajstić information content (AvgIpc) is 2.72. The largest absolute Gasteiger partial charge is 0.479 e. The fourth-order valence-electron chi connectivity index (χ4n) is 2.69. The van der Waals surface area contributed by atoms with Crippen LogP contribution in [0, 0.1) is 6.92 Å². The van der Waals surface area contributed by atoms with Crippen molar-refractivity contribution < 1.29 is 14.3 Å². The summed E-state index contributed by atoms with van der Waals surface area (Å²) in [5, 5.41) is 6.14. The lowest BCUT2D eigenvalue weighted by molar-refractivity contribution is -0.122. The van der Waals surface area contributed by atoms with Crippen LogP contribution in [0.5, 0.6) is 5.75 Å². The Bertz CT molecular complexity index is 1020. The molecule has 0 fully saturated rings. The highest BCUT2D eigenvalue weighted by Gasteiger charge is 2.17. The first-order valence-electron chi connectivity index (χ1n) is 9.13. The molecule has 0 radical (unpaired) electrons. The molecule has 3 aromatic carbocycles. The Kier molecular flexibility index (Phi) is 6.52. The second kappa shape index (κ2) is 9.26. The molecule has 0 spiro atoms. The zero-order chi connectivity index (χ0) is 20.8. The molecule has 0 heterocycles. The first-order chi connectivity index (χ1) is 13.9. The van der Waals surface area contributed by atoms with E-state index in [-0.39, 0.29) is 11.8 Å². The van der Waals surface area contributed by atoms with Gasteiger partial charge in [0.25, 0.3) is 11.8 Å². The van der Waals surface area contributed by atoms with Crippen LogP contribution in [-0.4, -0.2) is 17.9 Å². The molecule has 0 aromatic heterocycles. The second-order valence-electron chi connectivity index (χ2n) is 6.53. The number of carbonyl (C=O) groups is 2. The molecule has 148 valence electrons. The normalized spacial score (nSPS) is 11.4. The second-order valence-corrected chi connectivity index (χ2v) is 6.94. The van der Waals surface area contributed by atoms with Crippen molar-refractivity contribution in [2.24, 2.45) is 0 Å². The minimum absolute atomic E-state index is 0.188. The van der Waals surface area contributed by atoms with Gasteiger partial charge in [-0.3, -0.25) is 9.59 Å². The van der Waals surface area contributed by atoms with Gasteiger partial charge in [0.2, 0.25) is 0 Å². The Balaban J connectivity index is 1.63. The van der Waals surface area contributed by atoms with Crippen molar-refractivity contribution in [1.82, 2.24) is 0 Å². The third-order valence-electron chi connectivity index (χ3n) is 4.29. The van der Waals surface area contributed by atoms with Gasteiger partial charge in [-0.15, -0.1) is 0 Å². The smallest absolute Gasteiger partial charge is 0.265 e. The number of amides is 2. The summed E-state index contributed by atoms with van der Waals surface area (Å²) in [5.74, 6) is -0.0374. The highest BCUT2D eigenvalue weighted by molar-refractivity contribution is 6.32. The molecule has 1 unspecified atom stereocenters. The topological polar surface area (TPSA) is 67.4 Å². The van der Waals surface area contributed by atoms with Crippen molar-refractivity contribution >= 4 is 34.8 Å². The standard InChI is InChI=1S/C23H21ClN2O3/c1-15-14-18(12-13-20(15)26-23(28)17-8-4-3-5-9-17)25-22(27)16(2)29-21-11-7-6-10-19(21)24/h3-14,16H,1-2H3,(H,25,27)(H,26,28). The predicted octanol–water partition coefficient (Wildman–Crippen LogP) is 5.31. The van der Waals surface area contributed by atoms with Crippen molar-refractivity contribution in [2.45, 2.75) is 20.0 Å². The number of rotatable bonds is 6. The van der Waals surface area contributed by atoms with Crippen LogP contribution in [0.4, 0.5) is 11.4 Å². The number of para-hydroxylation sites is 1. The van der Waals surface area contributed by atoms with Gasteiger partial charge in [0.1, 0.15) is 5.75 Å². The maximum absolute atomic E-state index is 12.4. The van der Waals surface area contributed by atoms with Gasteiger partial charge in [-0.2, -0.15) is 0 Å². The molecular formula is C23H21ClN2O3. The van der Waals surface area contributed by atoms with E-state index in [1.165, 1.54) is 0 Å². The van der Waals surface area contributed by atoms with Crippen LogP contribution < -0.4 is 15.4 Å². The van der Waals surface area contributed by atoms with Crippen molar-refractivity contribution in [3.63, 3.8) is 0 Å². The van der Waals surface area contributed by atoms with Gasteiger partial charge in [0.15, 0.2) is 6.10 Å². The van der Waals surface area contributed by atoms with E-state index in [2.05, 4.69) is 10.6 Å². The number of hydrogen-bond donors (Lipinski definition) is 2. The summed E-state index contributed by atoms with van der Waals surface area (Å²) in [7, 11) is 0. The number of carbonyl (C=O) groups excluding carboxylic acids is 2. The molecule has 6 heteroatoms. The minimum Gasteiger partial charge on any atom is -0.479 e. The molecular weight excluding hydrogens is 388 g/mol. The van der Waals surface area contributed by atoms with Gasteiger partial charge in [-0.05, 0) is 61.9 Å². The third kappa shape index (κ3) is 5.36. The number of benzene rings is 3. The number of halogens is 1. The molecule has 0 saturated heterocycles. The van der Waals surface area contributed by atoms with Crippen molar-refractivity contribution in [3.05, 3.63) is 88.9 Å². The van der Waals surface area contributed by atoms with E-state index in [1.807, 2.05) is 25.1 Å². The predicted molar refractivity (Wildman–Crippen MR) is 116 cm³/mol. The van der Waals surface area contributed by atoms with Gasteiger partial charge >= 0.3 is 0 Å². The van der Waals surface area contributed by atoms with Gasteiger partial charge < -0.3 is 15.4 Å². The molecule has 2 amide bonds. The Hall–Kier alpha value is -3.31. The van der Waals surface area contributed by atoms with E-state index >= 15 is 0 Å². The van der Waals surface area contributed by atoms with E-state index in [0.29, 0.717) is 27.7 Å². The van der Waals surface area contributed by atoms with Crippen LogP contribution >= 0.6 is 11.6 Å². The lowest BCUT2D eigenvalue weighted by Crippen LogP contribution is -2.30. The summed E-state index contributed by atoms with van der Waals surface area (Å²) in [6, 6.07) is 21.2. The fourth-order valence-corrected chi connectivity index (χ4v) is 2.87. The summed E-state index contributed by atoms with van der Waals surface area (Å²) >= 11 is 6.07. The quantitative estimate of drug-likeness (QED) is 0.581. The molecule has 29 heavy (non-hydrogen) atoms. The van der Waals surface area contributed by atoms with Crippen LogP contribution in [0.1, 0.15) is 22.8 Å². The Morgan fingerprint density at radius 1 is 0.931 bits per heavy atom. The molecule has 0 aliphatic carbocycles. The van der Waals surface area contributed by atoms with E-state index < -0.39 is 6.10 Å². The van der Waals surface area contributed by atoms with Crippen LogP contribution in [0.3, 0.4) is 0 Å². The molecule has 0 aliphatic heterocycles. The van der Waals surface area contributed by atoms with Crippen LogP contribution in [0.25, 0.3) is 0 Å². The summed E-state index contributed by atoms with van der Waals surface area (Å²) in [6.07, 6.45) is -0.729. The van der Waals surface area contributed by atoms with Gasteiger partial charge in [-0.25, -0.2) is 0 Å². The highest BCUT2D eigenvalue weighted by Crippen LogP contribution is 2.25. The average molecular weight is 409 g/mol. The van der Waals surface area contributed by atoms with Crippen LogP contribution in [0.15, 0.2) is 72.8 Å². The maximum Gasteiger partial charge on any atom is 0.265 e. The minimum atomic E-state index is -0.729. The Morgan fingerprint density at radius 3 is 2.31 bits per heavy atom. The number of hydrogen-bond acceptors (Lipinski definition) is 3. The van der Waals surface area contributed by atoms with Gasteiger partial charge in [0.05, 0.1) is 5.02 Å². The molecule has 0 saturated carbocycles. The number of ether oxygens (including phenoxy) is 1. The van der Waals surface area contributed by atoms with Crippen LogP contribution in [0.2, 0.25) is 5.02 Å². The summed E-state index contributed by atoms with van der Waals surface area (Å²) in [5.41, 5.74) is 2.69. The first kappa shape index (κ1) is 20.4. The maximum atomic E-state index is 12.4. The van der Waals surface area contributed by atoms with E-state index in [1.54, 1.807) is 61.5 Å². The summed E-state index contributed by atoms with van der Waals surface area (Å²) in [4.78, 5) is 24.7.